The summed E-state index contributed by atoms with van der Waals surface area (Å²) in [6, 6.07) is 3.34. The number of hydrogen-bond acceptors (Lipinski definition) is 7. The molecule has 0 fully saturated rings. The van der Waals surface area contributed by atoms with Crippen LogP contribution >= 0.6 is 12.6 Å². The molecule has 0 saturated carbocycles. The fraction of sp³-hybridized carbons (Fsp3) is 0.630. The quantitative estimate of drug-likeness (QED) is 0.276. The molecule has 0 radical (unpaired) electrons. The Kier molecular flexibility index (Phi) is 13.0. The maximum Gasteiger partial charge on any atom is 0.408 e. The van der Waals surface area contributed by atoms with Crippen LogP contribution in [-0.2, 0) is 23.9 Å². The van der Waals surface area contributed by atoms with E-state index in [0.29, 0.717) is 12.0 Å². The third-order valence-electron chi connectivity index (χ3n) is 5.51. The van der Waals surface area contributed by atoms with Crippen molar-refractivity contribution in [3.05, 3.63) is 34.9 Å². The molecule has 10 heteroatoms. The number of ether oxygens (including phenoxy) is 2. The first-order valence-electron chi connectivity index (χ1n) is 12.7. The number of nitrogens with zero attached hydrogens (tertiary/aromatic N) is 1. The van der Waals surface area contributed by atoms with Crippen LogP contribution in [0.25, 0.3) is 0 Å². The summed E-state index contributed by atoms with van der Waals surface area (Å²) in [6.45, 7) is 14.8. The zero-order valence-electron chi connectivity index (χ0n) is 23.3. The summed E-state index contributed by atoms with van der Waals surface area (Å²) in [4.78, 5) is 53.2. The smallest absolute Gasteiger partial charge is 0.408 e. The van der Waals surface area contributed by atoms with Crippen molar-refractivity contribution in [2.75, 3.05) is 18.9 Å². The van der Waals surface area contributed by atoms with E-state index in [2.05, 4.69) is 23.3 Å². The highest BCUT2D eigenvalue weighted by molar-refractivity contribution is 7.80. The Balaban J connectivity index is 3.42. The van der Waals surface area contributed by atoms with Crippen molar-refractivity contribution in [1.29, 1.82) is 0 Å². The van der Waals surface area contributed by atoms with Gasteiger partial charge in [0.2, 0.25) is 11.8 Å². The van der Waals surface area contributed by atoms with Crippen molar-refractivity contribution in [2.24, 2.45) is 0 Å². The van der Waals surface area contributed by atoms with Crippen molar-refractivity contribution in [2.45, 2.75) is 92.0 Å². The summed E-state index contributed by atoms with van der Waals surface area (Å²) in [6.07, 6.45) is -0.170. The van der Waals surface area contributed by atoms with Gasteiger partial charge in [-0.2, -0.15) is 12.6 Å². The first kappa shape index (κ1) is 32.3. The number of hydrogen-bond donors (Lipinski definition) is 3. The van der Waals surface area contributed by atoms with Gasteiger partial charge in [0, 0.05) is 18.3 Å². The minimum atomic E-state index is -1.02. The molecule has 1 rings (SSSR count). The Morgan fingerprint density at radius 3 is 2.14 bits per heavy atom. The highest BCUT2D eigenvalue weighted by Crippen LogP contribution is 2.28. The number of carbonyl (C=O) groups is 4. The number of carbonyl (C=O) groups excluding carboxylic acids is 4. The molecule has 0 bridgehead atoms. The molecular formula is C27H43N3O6S. The molecule has 0 aromatic heterocycles. The molecule has 0 aliphatic carbocycles. The van der Waals surface area contributed by atoms with Crippen molar-refractivity contribution in [3.8, 4) is 0 Å². The fourth-order valence-electron chi connectivity index (χ4n) is 3.83. The lowest BCUT2D eigenvalue weighted by Crippen LogP contribution is -2.56. The molecule has 0 saturated heterocycles. The van der Waals surface area contributed by atoms with Crippen LogP contribution < -0.4 is 10.6 Å². The van der Waals surface area contributed by atoms with Gasteiger partial charge in [0.15, 0.2) is 0 Å². The van der Waals surface area contributed by atoms with Crippen LogP contribution in [0.15, 0.2) is 18.2 Å². The lowest BCUT2D eigenvalue weighted by atomic mass is 9.97. The predicted octanol–water partition coefficient (Wildman–Crippen LogP) is 3.86. The Bertz CT molecular complexity index is 926. The first-order chi connectivity index (χ1) is 17.2. The second kappa shape index (κ2) is 14.9. The Labute approximate surface area is 226 Å². The van der Waals surface area contributed by atoms with Gasteiger partial charge in [0.05, 0.1) is 13.0 Å². The third-order valence-corrected chi connectivity index (χ3v) is 5.88. The largest absolute Gasteiger partial charge is 0.466 e. The minimum absolute atomic E-state index is 0.00898. The average molecular weight is 538 g/mol. The van der Waals surface area contributed by atoms with Crippen molar-refractivity contribution >= 4 is 36.5 Å². The average Bonchev–Trinajstić information content (AvgIpc) is 2.78. The molecule has 0 aliphatic heterocycles. The monoisotopic (exact) mass is 537 g/mol. The molecule has 1 aromatic rings. The van der Waals surface area contributed by atoms with E-state index in [0.717, 1.165) is 11.1 Å². The molecule has 1 aromatic carbocycles. The van der Waals surface area contributed by atoms with Crippen molar-refractivity contribution in [1.82, 2.24) is 15.5 Å². The molecule has 0 heterocycles. The highest BCUT2D eigenvalue weighted by Gasteiger charge is 2.38. The van der Waals surface area contributed by atoms with Crippen LogP contribution in [-0.4, -0.2) is 65.4 Å². The van der Waals surface area contributed by atoms with Crippen LogP contribution in [0.2, 0.25) is 0 Å². The van der Waals surface area contributed by atoms with Crippen molar-refractivity contribution in [3.63, 3.8) is 0 Å². The third kappa shape index (κ3) is 10.6. The Hall–Kier alpha value is -2.75. The number of thiol groups is 1. The number of nitrogens with one attached hydrogen (secondary N) is 2. The number of amides is 3. The molecule has 0 aliphatic rings. The van der Waals surface area contributed by atoms with Crippen LogP contribution in [0.4, 0.5) is 4.79 Å². The lowest BCUT2D eigenvalue weighted by molar-refractivity contribution is -0.145. The van der Waals surface area contributed by atoms with Crippen LogP contribution in [0.5, 0.6) is 0 Å². The van der Waals surface area contributed by atoms with Gasteiger partial charge in [-0.25, -0.2) is 4.79 Å². The molecular weight excluding hydrogens is 494 g/mol. The first-order valence-corrected chi connectivity index (χ1v) is 13.3. The molecule has 208 valence electrons. The molecule has 9 nitrogen and oxygen atoms in total. The van der Waals surface area contributed by atoms with E-state index in [1.54, 1.807) is 27.7 Å². The zero-order chi connectivity index (χ0) is 28.3. The SMILES string of the molecule is CCOC(=O)CCNC(=O)C(c1cc(C)cc(C)c1)N(C(=O)C(CS)NC(=O)OC(C)(C)C)C(C)CC. The number of benzene rings is 1. The van der Waals surface area contributed by atoms with E-state index < -0.39 is 41.6 Å². The summed E-state index contributed by atoms with van der Waals surface area (Å²) < 4.78 is 10.3. The van der Waals surface area contributed by atoms with Gasteiger partial charge in [-0.1, -0.05) is 36.2 Å². The van der Waals surface area contributed by atoms with E-state index in [-0.39, 0.29) is 31.4 Å². The van der Waals surface area contributed by atoms with Gasteiger partial charge in [0.25, 0.3) is 0 Å². The predicted molar refractivity (Wildman–Crippen MR) is 147 cm³/mol. The Morgan fingerprint density at radius 2 is 1.65 bits per heavy atom. The normalized spacial score (nSPS) is 13.6. The van der Waals surface area contributed by atoms with Crippen molar-refractivity contribution < 1.29 is 28.7 Å². The summed E-state index contributed by atoms with van der Waals surface area (Å²) in [5.41, 5.74) is 1.77. The second-order valence-electron chi connectivity index (χ2n) is 10.1. The number of alkyl carbamates (subject to hydrolysis) is 1. The molecule has 37 heavy (non-hydrogen) atoms. The van der Waals surface area contributed by atoms with Gasteiger partial charge in [-0.05, 0) is 60.5 Å². The van der Waals surface area contributed by atoms with Gasteiger partial charge in [-0.15, -0.1) is 0 Å². The molecule has 3 atom stereocenters. The fourth-order valence-corrected chi connectivity index (χ4v) is 4.08. The van der Waals surface area contributed by atoms with Gasteiger partial charge < -0.3 is 25.0 Å². The summed E-state index contributed by atoms with van der Waals surface area (Å²) in [5.74, 6) is -1.30. The molecule has 3 amide bonds. The van der Waals surface area contributed by atoms with E-state index in [9.17, 15) is 19.2 Å². The van der Waals surface area contributed by atoms with Crippen LogP contribution in [0, 0.1) is 13.8 Å². The zero-order valence-corrected chi connectivity index (χ0v) is 24.2. The van der Waals surface area contributed by atoms with E-state index in [4.69, 9.17) is 9.47 Å². The maximum atomic E-state index is 13.9. The van der Waals surface area contributed by atoms with E-state index in [1.807, 2.05) is 45.9 Å². The molecule has 2 N–H and O–H groups in total. The topological polar surface area (TPSA) is 114 Å². The summed E-state index contributed by atoms with van der Waals surface area (Å²) in [7, 11) is 0. The maximum absolute atomic E-state index is 13.9. The summed E-state index contributed by atoms with van der Waals surface area (Å²) in [5, 5.41) is 5.39. The Morgan fingerprint density at radius 1 is 1.05 bits per heavy atom. The van der Waals surface area contributed by atoms with E-state index >= 15 is 0 Å². The van der Waals surface area contributed by atoms with Gasteiger partial charge in [0.1, 0.15) is 17.7 Å². The summed E-state index contributed by atoms with van der Waals surface area (Å²) >= 11 is 4.30. The lowest BCUT2D eigenvalue weighted by Gasteiger charge is -2.38. The molecule has 0 spiro atoms. The number of aryl methyl sites for hydroxylation is 2. The molecule has 3 unspecified atom stereocenters. The van der Waals surface area contributed by atoms with E-state index in [1.165, 1.54) is 4.90 Å². The minimum Gasteiger partial charge on any atom is -0.466 e. The van der Waals surface area contributed by atoms with Gasteiger partial charge in [-0.3, -0.25) is 14.4 Å². The highest BCUT2D eigenvalue weighted by atomic mass is 32.1. The second-order valence-corrected chi connectivity index (χ2v) is 10.4. The van der Waals surface area contributed by atoms with Gasteiger partial charge >= 0.3 is 12.1 Å². The van der Waals surface area contributed by atoms with Crippen LogP contribution in [0.1, 0.15) is 77.1 Å². The van der Waals surface area contributed by atoms with Crippen LogP contribution in [0.3, 0.4) is 0 Å². The number of esters is 1. The standard InChI is InChI=1S/C27H43N3O6S/c1-9-19(5)30(25(33)21(16-37)29-26(34)36-27(6,7)8)23(20-14-17(3)13-18(4)15-20)24(32)28-12-11-22(31)35-10-2/h13-15,19,21,23,37H,9-12,16H2,1-8H3,(H,28,32)(H,29,34). The number of rotatable bonds is 12.